The molecule has 0 bridgehead atoms. The number of carbonyl (C=O) groups is 1. The van der Waals surface area contributed by atoms with Crippen LogP contribution in [0.4, 0.5) is 5.82 Å². The lowest BCUT2D eigenvalue weighted by molar-refractivity contribution is 0.1000. The maximum atomic E-state index is 11.0. The van der Waals surface area contributed by atoms with E-state index < -0.39 is 5.91 Å². The lowest BCUT2D eigenvalue weighted by atomic mass is 9.94. The van der Waals surface area contributed by atoms with Crippen molar-refractivity contribution in [1.29, 1.82) is 0 Å². The zero-order valence-electron chi connectivity index (χ0n) is 12.8. The number of nitrogens with zero attached hydrogens (tertiary/aromatic N) is 2. The van der Waals surface area contributed by atoms with Crippen molar-refractivity contribution in [3.63, 3.8) is 0 Å². The van der Waals surface area contributed by atoms with Gasteiger partial charge in [0.2, 0.25) is 5.91 Å². The molecule has 1 aromatic heterocycles. The number of aromatic nitrogens is 1. The van der Waals surface area contributed by atoms with Crippen LogP contribution in [0.2, 0.25) is 0 Å². The second kappa shape index (κ2) is 7.98. The van der Waals surface area contributed by atoms with Crippen LogP contribution in [0.25, 0.3) is 0 Å². The van der Waals surface area contributed by atoms with E-state index in [2.05, 4.69) is 22.2 Å². The van der Waals surface area contributed by atoms with Crippen molar-refractivity contribution in [2.45, 2.75) is 44.6 Å². The van der Waals surface area contributed by atoms with Gasteiger partial charge in [-0.1, -0.05) is 19.3 Å². The van der Waals surface area contributed by atoms with Gasteiger partial charge in [0.15, 0.2) is 0 Å². The molecule has 1 aliphatic rings. The van der Waals surface area contributed by atoms with Crippen LogP contribution in [-0.2, 0) is 0 Å². The Bertz CT molecular complexity index is 440. The smallest absolute Gasteiger partial charge is 0.250 e. The number of hydrogen-bond acceptors (Lipinski definition) is 4. The van der Waals surface area contributed by atoms with Gasteiger partial charge in [-0.2, -0.15) is 0 Å². The number of rotatable bonds is 7. The van der Waals surface area contributed by atoms with E-state index in [1.165, 1.54) is 38.3 Å². The standard InChI is InChI=1S/C16H26N4O/c1-20(14-6-3-2-4-7-14)11-5-10-18-15-9-8-13(12-19-15)16(17)21/h8-9,12,14H,2-7,10-11H2,1H3,(H2,17,21)(H,18,19). The van der Waals surface area contributed by atoms with Gasteiger partial charge >= 0.3 is 0 Å². The summed E-state index contributed by atoms with van der Waals surface area (Å²) in [5.74, 6) is 0.350. The number of amides is 1. The molecule has 21 heavy (non-hydrogen) atoms. The summed E-state index contributed by atoms with van der Waals surface area (Å²) in [7, 11) is 2.23. The summed E-state index contributed by atoms with van der Waals surface area (Å²) in [6, 6.07) is 4.27. The van der Waals surface area contributed by atoms with Crippen LogP contribution in [0.3, 0.4) is 0 Å². The molecule has 0 saturated heterocycles. The molecule has 0 radical (unpaired) electrons. The summed E-state index contributed by atoms with van der Waals surface area (Å²) in [6.45, 7) is 2.00. The van der Waals surface area contributed by atoms with Crippen LogP contribution in [0.15, 0.2) is 18.3 Å². The van der Waals surface area contributed by atoms with E-state index in [0.29, 0.717) is 5.56 Å². The summed E-state index contributed by atoms with van der Waals surface area (Å²) in [4.78, 5) is 17.6. The molecule has 0 aromatic carbocycles. The number of nitrogens with one attached hydrogen (secondary N) is 1. The van der Waals surface area contributed by atoms with Crippen LogP contribution in [0.1, 0.15) is 48.9 Å². The van der Waals surface area contributed by atoms with Gasteiger partial charge in [0, 0.05) is 18.8 Å². The monoisotopic (exact) mass is 290 g/mol. The Morgan fingerprint density at radius 1 is 1.38 bits per heavy atom. The Morgan fingerprint density at radius 2 is 2.14 bits per heavy atom. The fourth-order valence-electron chi connectivity index (χ4n) is 2.89. The molecule has 1 amide bonds. The SMILES string of the molecule is CN(CCCNc1ccc(C(N)=O)cn1)C1CCCCC1. The van der Waals surface area contributed by atoms with Crippen molar-refractivity contribution >= 4 is 11.7 Å². The first-order valence-electron chi connectivity index (χ1n) is 7.87. The van der Waals surface area contributed by atoms with Gasteiger partial charge in [-0.05, 0) is 45.0 Å². The highest BCUT2D eigenvalue weighted by atomic mass is 16.1. The third-order valence-electron chi connectivity index (χ3n) is 4.24. The first kappa shape index (κ1) is 15.8. The molecule has 0 atom stereocenters. The van der Waals surface area contributed by atoms with Crippen molar-refractivity contribution in [2.24, 2.45) is 5.73 Å². The highest BCUT2D eigenvalue weighted by Gasteiger charge is 2.17. The lowest BCUT2D eigenvalue weighted by Crippen LogP contribution is -2.34. The van der Waals surface area contributed by atoms with Crippen LogP contribution in [-0.4, -0.2) is 42.0 Å². The van der Waals surface area contributed by atoms with Gasteiger partial charge in [0.1, 0.15) is 5.82 Å². The number of pyridine rings is 1. The molecular weight excluding hydrogens is 264 g/mol. The Labute approximate surface area is 126 Å². The molecule has 0 unspecified atom stereocenters. The van der Waals surface area contributed by atoms with Crippen LogP contribution in [0, 0.1) is 0 Å². The van der Waals surface area contributed by atoms with E-state index in [1.54, 1.807) is 12.1 Å². The van der Waals surface area contributed by atoms with Crippen molar-refractivity contribution in [3.8, 4) is 0 Å². The highest BCUT2D eigenvalue weighted by Crippen LogP contribution is 2.21. The lowest BCUT2D eigenvalue weighted by Gasteiger charge is -2.31. The topological polar surface area (TPSA) is 71.2 Å². The maximum Gasteiger partial charge on any atom is 0.250 e. The Morgan fingerprint density at radius 3 is 2.76 bits per heavy atom. The predicted molar refractivity (Wildman–Crippen MR) is 85.4 cm³/mol. The molecule has 5 heteroatoms. The third kappa shape index (κ3) is 5.01. The molecule has 1 saturated carbocycles. The Kier molecular flexibility index (Phi) is 5.99. The molecule has 1 aliphatic carbocycles. The first-order chi connectivity index (χ1) is 10.2. The van der Waals surface area contributed by atoms with E-state index >= 15 is 0 Å². The third-order valence-corrected chi connectivity index (χ3v) is 4.24. The minimum atomic E-state index is -0.442. The molecule has 2 rings (SSSR count). The summed E-state index contributed by atoms with van der Waals surface area (Å²) in [6.07, 6.45) is 9.46. The van der Waals surface area contributed by atoms with Crippen molar-refractivity contribution in [2.75, 3.05) is 25.5 Å². The molecule has 1 fully saturated rings. The minimum absolute atomic E-state index is 0.442. The van der Waals surface area contributed by atoms with Gasteiger partial charge in [0.25, 0.3) is 0 Å². The number of nitrogens with two attached hydrogens (primary N) is 1. The van der Waals surface area contributed by atoms with Crippen molar-refractivity contribution < 1.29 is 4.79 Å². The first-order valence-corrected chi connectivity index (χ1v) is 7.87. The van der Waals surface area contributed by atoms with Gasteiger partial charge in [-0.25, -0.2) is 4.98 Å². The van der Waals surface area contributed by atoms with Gasteiger partial charge in [-0.3, -0.25) is 4.79 Å². The number of anilines is 1. The van der Waals surface area contributed by atoms with E-state index in [9.17, 15) is 4.79 Å². The highest BCUT2D eigenvalue weighted by molar-refractivity contribution is 5.92. The normalized spacial score (nSPS) is 16.1. The fourth-order valence-corrected chi connectivity index (χ4v) is 2.89. The minimum Gasteiger partial charge on any atom is -0.370 e. The molecular formula is C16H26N4O. The summed E-state index contributed by atoms with van der Waals surface area (Å²) in [5, 5.41) is 3.28. The van der Waals surface area contributed by atoms with Gasteiger partial charge < -0.3 is 16.0 Å². The number of carbonyl (C=O) groups excluding carboxylic acids is 1. The van der Waals surface area contributed by atoms with E-state index in [1.807, 2.05) is 0 Å². The number of hydrogen-bond donors (Lipinski definition) is 2. The van der Waals surface area contributed by atoms with Gasteiger partial charge in [0.05, 0.1) is 5.56 Å². The average Bonchev–Trinajstić information content (AvgIpc) is 2.52. The zero-order valence-corrected chi connectivity index (χ0v) is 12.8. The zero-order chi connectivity index (χ0) is 15.1. The van der Waals surface area contributed by atoms with Crippen LogP contribution in [0.5, 0.6) is 0 Å². The Hall–Kier alpha value is -1.62. The maximum absolute atomic E-state index is 11.0. The Balaban J connectivity index is 1.65. The van der Waals surface area contributed by atoms with E-state index in [4.69, 9.17) is 5.73 Å². The second-order valence-electron chi connectivity index (χ2n) is 5.85. The van der Waals surface area contributed by atoms with E-state index in [-0.39, 0.29) is 0 Å². The molecule has 1 aromatic rings. The average molecular weight is 290 g/mol. The summed E-state index contributed by atoms with van der Waals surface area (Å²) in [5.41, 5.74) is 5.63. The summed E-state index contributed by atoms with van der Waals surface area (Å²) >= 11 is 0. The fraction of sp³-hybridized carbons (Fsp3) is 0.625. The van der Waals surface area contributed by atoms with E-state index in [0.717, 1.165) is 31.4 Å². The van der Waals surface area contributed by atoms with Crippen molar-refractivity contribution in [3.05, 3.63) is 23.9 Å². The molecule has 1 heterocycles. The quantitative estimate of drug-likeness (QED) is 0.756. The van der Waals surface area contributed by atoms with Crippen LogP contribution >= 0.6 is 0 Å². The largest absolute Gasteiger partial charge is 0.370 e. The number of primary amides is 1. The molecule has 0 spiro atoms. The van der Waals surface area contributed by atoms with Gasteiger partial charge in [-0.15, -0.1) is 0 Å². The van der Waals surface area contributed by atoms with Crippen LogP contribution < -0.4 is 11.1 Å². The predicted octanol–water partition coefficient (Wildman–Crippen LogP) is 2.25. The van der Waals surface area contributed by atoms with Crippen molar-refractivity contribution in [1.82, 2.24) is 9.88 Å². The molecule has 116 valence electrons. The molecule has 0 aliphatic heterocycles. The molecule has 5 nitrogen and oxygen atoms in total. The molecule has 3 N–H and O–H groups in total. The second-order valence-corrected chi connectivity index (χ2v) is 5.85. The summed E-state index contributed by atoms with van der Waals surface area (Å²) < 4.78 is 0.